The van der Waals surface area contributed by atoms with Crippen LogP contribution in [0.25, 0.3) is 0 Å². The Labute approximate surface area is 85.8 Å². The van der Waals surface area contributed by atoms with Gasteiger partial charge in [0, 0.05) is 0 Å². The van der Waals surface area contributed by atoms with E-state index in [2.05, 4.69) is 10.1 Å². The molecule has 1 heterocycles. The monoisotopic (exact) mass is 212 g/mol. The van der Waals surface area contributed by atoms with Crippen LogP contribution in [0.5, 0.6) is 0 Å². The predicted molar refractivity (Wildman–Crippen MR) is 46.4 cm³/mol. The maximum atomic E-state index is 11.0. The molecule has 15 heavy (non-hydrogen) atoms. The highest BCUT2D eigenvalue weighted by molar-refractivity contribution is 5.77. The molecule has 0 aliphatic rings. The van der Waals surface area contributed by atoms with E-state index in [1.807, 2.05) is 0 Å². The summed E-state index contributed by atoms with van der Waals surface area (Å²) in [4.78, 5) is 21.0. The van der Waals surface area contributed by atoms with Gasteiger partial charge in [-0.25, -0.2) is 0 Å². The van der Waals surface area contributed by atoms with Crippen LogP contribution in [-0.4, -0.2) is 25.1 Å². The van der Waals surface area contributed by atoms with E-state index in [4.69, 9.17) is 4.42 Å². The van der Waals surface area contributed by atoms with Crippen LogP contribution in [0, 0.1) is 0 Å². The SMILES string of the molecule is O=C([O-])COCC(=O)NCc1ccco1. The van der Waals surface area contributed by atoms with Crippen molar-refractivity contribution in [3.63, 3.8) is 0 Å². The highest BCUT2D eigenvalue weighted by Crippen LogP contribution is 1.97. The maximum absolute atomic E-state index is 11.0. The fourth-order valence-electron chi connectivity index (χ4n) is 0.877. The number of furan rings is 1. The molecule has 1 N–H and O–H groups in total. The fraction of sp³-hybridized carbons (Fsp3) is 0.333. The Kier molecular flexibility index (Phi) is 4.36. The second-order valence-corrected chi connectivity index (χ2v) is 2.72. The highest BCUT2D eigenvalue weighted by atomic mass is 16.5. The van der Waals surface area contributed by atoms with Gasteiger partial charge in [0.25, 0.3) is 0 Å². The Morgan fingerprint density at radius 3 is 2.87 bits per heavy atom. The number of aliphatic carboxylic acids is 1. The van der Waals surface area contributed by atoms with E-state index in [0.717, 1.165) is 0 Å². The van der Waals surface area contributed by atoms with Crippen LogP contribution in [-0.2, 0) is 20.9 Å². The van der Waals surface area contributed by atoms with Crippen molar-refractivity contribution < 1.29 is 23.8 Å². The number of carboxylic acids is 1. The van der Waals surface area contributed by atoms with Crippen molar-refractivity contribution in [2.45, 2.75) is 6.54 Å². The fourth-order valence-corrected chi connectivity index (χ4v) is 0.877. The lowest BCUT2D eigenvalue weighted by atomic mass is 10.4. The molecule has 0 aromatic carbocycles. The molecule has 0 bridgehead atoms. The summed E-state index contributed by atoms with van der Waals surface area (Å²) in [6, 6.07) is 3.41. The Balaban J connectivity index is 2.11. The highest BCUT2D eigenvalue weighted by Gasteiger charge is 2.02. The van der Waals surface area contributed by atoms with Crippen molar-refractivity contribution >= 4 is 11.9 Å². The third-order valence-electron chi connectivity index (χ3n) is 1.49. The molecule has 0 saturated carbocycles. The molecule has 0 atom stereocenters. The molecule has 0 spiro atoms. The molecule has 6 nitrogen and oxygen atoms in total. The Morgan fingerprint density at radius 1 is 1.47 bits per heavy atom. The molecule has 0 aliphatic carbocycles. The Hall–Kier alpha value is -1.82. The number of carbonyl (C=O) groups is 2. The average molecular weight is 212 g/mol. The van der Waals surface area contributed by atoms with E-state index >= 15 is 0 Å². The summed E-state index contributed by atoms with van der Waals surface area (Å²) in [6.07, 6.45) is 1.49. The standard InChI is InChI=1S/C9H11NO5/c11-8(5-14-6-9(12)13)10-4-7-2-1-3-15-7/h1-3H,4-6H2,(H,10,11)(H,12,13)/p-1. The van der Waals surface area contributed by atoms with Gasteiger partial charge in [-0.05, 0) is 12.1 Å². The van der Waals surface area contributed by atoms with E-state index in [9.17, 15) is 14.7 Å². The van der Waals surface area contributed by atoms with Gasteiger partial charge < -0.3 is 24.4 Å². The summed E-state index contributed by atoms with van der Waals surface area (Å²) in [6.45, 7) is -0.649. The van der Waals surface area contributed by atoms with Crippen LogP contribution in [0.3, 0.4) is 0 Å². The van der Waals surface area contributed by atoms with E-state index < -0.39 is 18.5 Å². The minimum atomic E-state index is -1.35. The van der Waals surface area contributed by atoms with Crippen LogP contribution in [0.4, 0.5) is 0 Å². The smallest absolute Gasteiger partial charge is 0.246 e. The Bertz CT molecular complexity index is 319. The van der Waals surface area contributed by atoms with E-state index in [1.165, 1.54) is 6.26 Å². The van der Waals surface area contributed by atoms with Crippen molar-refractivity contribution in [2.75, 3.05) is 13.2 Å². The van der Waals surface area contributed by atoms with Crippen molar-refractivity contribution in [3.8, 4) is 0 Å². The number of carbonyl (C=O) groups excluding carboxylic acids is 2. The number of amides is 1. The molecule has 1 aromatic heterocycles. The summed E-state index contributed by atoms with van der Waals surface area (Å²) in [5.41, 5.74) is 0. The lowest BCUT2D eigenvalue weighted by Gasteiger charge is -2.05. The molecular weight excluding hydrogens is 202 g/mol. The van der Waals surface area contributed by atoms with Gasteiger partial charge >= 0.3 is 0 Å². The van der Waals surface area contributed by atoms with E-state index in [0.29, 0.717) is 5.76 Å². The average Bonchev–Trinajstić information content (AvgIpc) is 2.66. The minimum absolute atomic E-state index is 0.251. The largest absolute Gasteiger partial charge is 0.548 e. The molecule has 0 radical (unpaired) electrons. The number of ether oxygens (including phenoxy) is 1. The number of rotatable bonds is 6. The van der Waals surface area contributed by atoms with Gasteiger partial charge in [0.2, 0.25) is 5.91 Å². The first-order chi connectivity index (χ1) is 7.18. The molecule has 0 unspecified atom stereocenters. The topological polar surface area (TPSA) is 91.6 Å². The number of hydrogen-bond acceptors (Lipinski definition) is 5. The number of hydrogen-bond donors (Lipinski definition) is 1. The van der Waals surface area contributed by atoms with Crippen molar-refractivity contribution in [3.05, 3.63) is 24.2 Å². The lowest BCUT2D eigenvalue weighted by Crippen LogP contribution is -2.32. The minimum Gasteiger partial charge on any atom is -0.548 e. The molecule has 1 rings (SSSR count). The second kappa shape index (κ2) is 5.82. The van der Waals surface area contributed by atoms with Crippen molar-refractivity contribution in [1.29, 1.82) is 0 Å². The van der Waals surface area contributed by atoms with Crippen LogP contribution in [0.2, 0.25) is 0 Å². The predicted octanol–water partition coefficient (Wildman–Crippen LogP) is -1.34. The summed E-state index contributed by atoms with van der Waals surface area (Å²) in [7, 11) is 0. The van der Waals surface area contributed by atoms with Gasteiger partial charge in [0.05, 0.1) is 25.4 Å². The quantitative estimate of drug-likeness (QED) is 0.630. The molecule has 0 saturated heterocycles. The van der Waals surface area contributed by atoms with Crippen LogP contribution in [0.15, 0.2) is 22.8 Å². The number of carboxylic acid groups (broad SMARTS) is 1. The lowest BCUT2D eigenvalue weighted by molar-refractivity contribution is -0.309. The molecule has 1 amide bonds. The van der Waals surface area contributed by atoms with E-state index in [-0.39, 0.29) is 13.2 Å². The summed E-state index contributed by atoms with van der Waals surface area (Å²) in [5.74, 6) is -1.15. The summed E-state index contributed by atoms with van der Waals surface area (Å²) < 4.78 is 9.49. The second-order valence-electron chi connectivity index (χ2n) is 2.72. The Morgan fingerprint density at radius 2 is 2.27 bits per heavy atom. The summed E-state index contributed by atoms with van der Waals surface area (Å²) in [5, 5.41) is 12.4. The molecule has 6 heteroatoms. The first kappa shape index (κ1) is 11.3. The van der Waals surface area contributed by atoms with Crippen LogP contribution < -0.4 is 10.4 Å². The van der Waals surface area contributed by atoms with Crippen LogP contribution >= 0.6 is 0 Å². The normalized spacial score (nSPS) is 9.87. The third-order valence-corrected chi connectivity index (χ3v) is 1.49. The molecule has 0 aliphatic heterocycles. The van der Waals surface area contributed by atoms with Crippen molar-refractivity contribution in [2.24, 2.45) is 0 Å². The molecular formula is C9H10NO5-. The van der Waals surface area contributed by atoms with Crippen molar-refractivity contribution in [1.82, 2.24) is 5.32 Å². The van der Waals surface area contributed by atoms with Gasteiger partial charge in [-0.15, -0.1) is 0 Å². The van der Waals surface area contributed by atoms with E-state index in [1.54, 1.807) is 12.1 Å². The van der Waals surface area contributed by atoms with Crippen LogP contribution in [0.1, 0.15) is 5.76 Å². The van der Waals surface area contributed by atoms with Gasteiger partial charge in [0.15, 0.2) is 0 Å². The van der Waals surface area contributed by atoms with Gasteiger partial charge in [-0.1, -0.05) is 0 Å². The van der Waals surface area contributed by atoms with Gasteiger partial charge in [0.1, 0.15) is 12.4 Å². The molecule has 82 valence electrons. The van der Waals surface area contributed by atoms with Gasteiger partial charge in [-0.2, -0.15) is 0 Å². The number of nitrogens with one attached hydrogen (secondary N) is 1. The third kappa shape index (κ3) is 4.82. The molecule has 1 aromatic rings. The first-order valence-corrected chi connectivity index (χ1v) is 4.25. The maximum Gasteiger partial charge on any atom is 0.246 e. The zero-order chi connectivity index (χ0) is 11.1. The first-order valence-electron chi connectivity index (χ1n) is 4.25. The zero-order valence-corrected chi connectivity index (χ0v) is 7.89. The zero-order valence-electron chi connectivity index (χ0n) is 7.89. The summed E-state index contributed by atoms with van der Waals surface area (Å²) >= 11 is 0. The van der Waals surface area contributed by atoms with Gasteiger partial charge in [-0.3, -0.25) is 4.79 Å². The molecule has 0 fully saturated rings.